The normalized spacial score (nSPS) is 25.5. The molecule has 1 aliphatic carbocycles. The first kappa shape index (κ1) is 15.5. The van der Waals surface area contributed by atoms with Gasteiger partial charge in [-0.2, -0.15) is 4.31 Å². The minimum Gasteiger partial charge on any atom is -0.207 e. The number of aryl methyl sites for hydroxylation is 1. The monoisotopic (exact) mass is 317 g/mol. The second-order valence-corrected chi connectivity index (χ2v) is 8.32. The molecule has 4 heteroatoms. The first-order chi connectivity index (χ1) is 10.4. The van der Waals surface area contributed by atoms with E-state index in [0.29, 0.717) is 18.0 Å². The number of hydrogen-bond donors (Lipinski definition) is 0. The van der Waals surface area contributed by atoms with Crippen molar-refractivity contribution < 1.29 is 8.42 Å². The molecular weight excluding hydrogens is 294 g/mol. The maximum absolute atomic E-state index is 12.9. The quantitative estimate of drug-likeness (QED) is 0.795. The summed E-state index contributed by atoms with van der Waals surface area (Å²) in [5.74, 6) is 0. The van der Waals surface area contributed by atoms with Crippen LogP contribution in [-0.2, 0) is 10.0 Å². The van der Waals surface area contributed by atoms with E-state index in [1.807, 2.05) is 25.1 Å². The molecule has 1 atom stereocenters. The molecule has 2 aliphatic rings. The molecular formula is C18H23NO2S. The van der Waals surface area contributed by atoms with Gasteiger partial charge in [-0.05, 0) is 43.9 Å². The molecule has 1 aromatic carbocycles. The molecule has 0 unspecified atom stereocenters. The van der Waals surface area contributed by atoms with Crippen LogP contribution in [0.1, 0.15) is 31.7 Å². The number of hydrogen-bond acceptors (Lipinski definition) is 2. The fourth-order valence-corrected chi connectivity index (χ4v) is 5.21. The predicted molar refractivity (Wildman–Crippen MR) is 89.1 cm³/mol. The molecule has 1 heterocycles. The lowest BCUT2D eigenvalue weighted by Gasteiger charge is -2.22. The number of rotatable bonds is 4. The van der Waals surface area contributed by atoms with Gasteiger partial charge in [0.05, 0.1) is 4.90 Å². The van der Waals surface area contributed by atoms with Crippen LogP contribution < -0.4 is 0 Å². The molecule has 1 aromatic rings. The van der Waals surface area contributed by atoms with Crippen molar-refractivity contribution in [1.29, 1.82) is 0 Å². The Hall–Kier alpha value is -1.39. The van der Waals surface area contributed by atoms with Crippen molar-refractivity contribution in [3.8, 4) is 0 Å². The Bertz CT molecular complexity index is 731. The van der Waals surface area contributed by atoms with Gasteiger partial charge in [0.2, 0.25) is 10.0 Å². The predicted octanol–water partition coefficient (Wildman–Crippen LogP) is 3.67. The highest BCUT2D eigenvalue weighted by Crippen LogP contribution is 2.50. The average Bonchev–Trinajstić information content (AvgIpc) is 3.03. The molecule has 0 N–H and O–H groups in total. The highest BCUT2D eigenvalue weighted by molar-refractivity contribution is 7.89. The fraction of sp³-hybridized carbons (Fsp3) is 0.444. The molecule has 1 fully saturated rings. The Morgan fingerprint density at radius 3 is 2.59 bits per heavy atom. The number of allylic oxidation sites excluding steroid dienone is 1. The Labute approximate surface area is 133 Å². The van der Waals surface area contributed by atoms with E-state index in [-0.39, 0.29) is 5.41 Å². The average molecular weight is 317 g/mol. The van der Waals surface area contributed by atoms with Crippen LogP contribution in [-0.4, -0.2) is 25.8 Å². The Morgan fingerprint density at radius 2 is 2.00 bits per heavy atom. The van der Waals surface area contributed by atoms with Crippen LogP contribution in [0.5, 0.6) is 0 Å². The molecule has 1 saturated heterocycles. The lowest BCUT2D eigenvalue weighted by atomic mass is 9.84. The molecule has 0 amide bonds. The van der Waals surface area contributed by atoms with Crippen molar-refractivity contribution >= 4 is 10.0 Å². The molecule has 3 nitrogen and oxygen atoms in total. The van der Waals surface area contributed by atoms with E-state index in [9.17, 15) is 8.42 Å². The third-order valence-corrected chi connectivity index (χ3v) is 6.98. The van der Waals surface area contributed by atoms with Crippen molar-refractivity contribution in [2.75, 3.05) is 13.1 Å². The van der Waals surface area contributed by atoms with Gasteiger partial charge < -0.3 is 0 Å². The minimum atomic E-state index is -3.43. The van der Waals surface area contributed by atoms with Crippen molar-refractivity contribution in [3.05, 3.63) is 53.6 Å². The van der Waals surface area contributed by atoms with Gasteiger partial charge >= 0.3 is 0 Å². The van der Waals surface area contributed by atoms with Crippen LogP contribution in [0.2, 0.25) is 0 Å². The van der Waals surface area contributed by atoms with Gasteiger partial charge in [-0.1, -0.05) is 36.3 Å². The lowest BCUT2D eigenvalue weighted by molar-refractivity contribution is 0.399. The van der Waals surface area contributed by atoms with Crippen LogP contribution in [0, 0.1) is 12.3 Å². The summed E-state index contributed by atoms with van der Waals surface area (Å²) >= 11 is 0. The molecule has 22 heavy (non-hydrogen) atoms. The van der Waals surface area contributed by atoms with E-state index in [0.717, 1.165) is 24.8 Å². The summed E-state index contributed by atoms with van der Waals surface area (Å²) in [6, 6.07) is 7.11. The summed E-state index contributed by atoms with van der Waals surface area (Å²) in [6.45, 7) is 9.15. The van der Waals surface area contributed by atoms with Crippen LogP contribution in [0.15, 0.2) is 53.0 Å². The van der Waals surface area contributed by atoms with Crippen molar-refractivity contribution in [3.63, 3.8) is 0 Å². The highest BCUT2D eigenvalue weighted by Gasteiger charge is 2.48. The van der Waals surface area contributed by atoms with Crippen LogP contribution in [0.3, 0.4) is 0 Å². The topological polar surface area (TPSA) is 37.4 Å². The summed E-state index contributed by atoms with van der Waals surface area (Å²) in [7, 11) is -3.43. The third kappa shape index (κ3) is 2.25. The SMILES string of the molecule is C=C[C@@]12CCC(CC)=C1CN(S(=O)(=O)c1ccc(C)cc1)C2. The number of fused-ring (bicyclic) bond motifs is 1. The van der Waals surface area contributed by atoms with Crippen LogP contribution >= 0.6 is 0 Å². The summed E-state index contributed by atoms with van der Waals surface area (Å²) in [5, 5.41) is 0. The second-order valence-electron chi connectivity index (χ2n) is 6.38. The van der Waals surface area contributed by atoms with Crippen molar-refractivity contribution in [1.82, 2.24) is 4.31 Å². The molecule has 118 valence electrons. The van der Waals surface area contributed by atoms with Gasteiger partial charge in [-0.15, -0.1) is 6.58 Å². The van der Waals surface area contributed by atoms with Gasteiger partial charge in [0.1, 0.15) is 0 Å². The minimum absolute atomic E-state index is 0.136. The van der Waals surface area contributed by atoms with E-state index >= 15 is 0 Å². The highest BCUT2D eigenvalue weighted by atomic mass is 32.2. The van der Waals surface area contributed by atoms with Crippen LogP contribution in [0.4, 0.5) is 0 Å². The standard InChI is InChI=1S/C18H23NO2S/c1-4-15-10-11-18(5-2)13-19(12-17(15)18)22(20,21)16-8-6-14(3)7-9-16/h5-9H,2,4,10-13H2,1,3H3/t18-/m0/s1. The van der Waals surface area contributed by atoms with E-state index in [1.54, 1.807) is 16.4 Å². The molecule has 3 rings (SSSR count). The maximum Gasteiger partial charge on any atom is 0.243 e. The summed E-state index contributed by atoms with van der Waals surface area (Å²) in [4.78, 5) is 0.385. The zero-order valence-corrected chi connectivity index (χ0v) is 14.1. The van der Waals surface area contributed by atoms with Gasteiger partial charge in [0, 0.05) is 18.5 Å². The Kier molecular flexibility index (Phi) is 3.77. The van der Waals surface area contributed by atoms with Gasteiger partial charge in [-0.25, -0.2) is 8.42 Å². The Morgan fingerprint density at radius 1 is 1.32 bits per heavy atom. The maximum atomic E-state index is 12.9. The van der Waals surface area contributed by atoms with Gasteiger partial charge in [-0.3, -0.25) is 0 Å². The summed E-state index contributed by atoms with van der Waals surface area (Å²) < 4.78 is 27.4. The number of sulfonamides is 1. The smallest absolute Gasteiger partial charge is 0.207 e. The number of nitrogens with zero attached hydrogens (tertiary/aromatic N) is 1. The second kappa shape index (κ2) is 5.36. The zero-order valence-electron chi connectivity index (χ0n) is 13.3. The summed E-state index contributed by atoms with van der Waals surface area (Å²) in [6.07, 6.45) is 5.05. The first-order valence-electron chi connectivity index (χ1n) is 7.85. The first-order valence-corrected chi connectivity index (χ1v) is 9.29. The third-order valence-electron chi connectivity index (χ3n) is 5.17. The molecule has 1 aliphatic heterocycles. The fourth-order valence-electron chi connectivity index (χ4n) is 3.73. The van der Waals surface area contributed by atoms with Crippen molar-refractivity contribution in [2.24, 2.45) is 5.41 Å². The number of benzene rings is 1. The molecule has 0 saturated carbocycles. The molecule has 0 radical (unpaired) electrons. The zero-order chi connectivity index (χ0) is 16.0. The molecule has 0 aromatic heterocycles. The largest absolute Gasteiger partial charge is 0.243 e. The lowest BCUT2D eigenvalue weighted by Crippen LogP contribution is -2.31. The van der Waals surface area contributed by atoms with Gasteiger partial charge in [0.15, 0.2) is 0 Å². The summed E-state index contributed by atoms with van der Waals surface area (Å²) in [5.41, 5.74) is 3.64. The van der Waals surface area contributed by atoms with E-state index in [2.05, 4.69) is 13.5 Å². The van der Waals surface area contributed by atoms with E-state index in [4.69, 9.17) is 0 Å². The Balaban J connectivity index is 1.98. The van der Waals surface area contributed by atoms with Crippen LogP contribution in [0.25, 0.3) is 0 Å². The van der Waals surface area contributed by atoms with Crippen molar-refractivity contribution in [2.45, 2.75) is 38.0 Å². The van der Waals surface area contributed by atoms with E-state index in [1.165, 1.54) is 11.1 Å². The van der Waals surface area contributed by atoms with Gasteiger partial charge in [0.25, 0.3) is 0 Å². The molecule has 0 spiro atoms. The van der Waals surface area contributed by atoms with E-state index < -0.39 is 10.0 Å². The molecule has 0 bridgehead atoms.